The fourth-order valence-electron chi connectivity index (χ4n) is 3.83. The first kappa shape index (κ1) is 20.6. The van der Waals surface area contributed by atoms with Crippen LogP contribution in [0.25, 0.3) is 10.2 Å². The molecule has 0 aliphatic carbocycles. The molecule has 7 heteroatoms. The molecule has 0 spiro atoms. The molecule has 4 rings (SSSR count). The first-order valence-corrected chi connectivity index (χ1v) is 11.1. The zero-order valence-corrected chi connectivity index (χ0v) is 18.6. The molecule has 1 aliphatic heterocycles. The van der Waals surface area contributed by atoms with Crippen molar-refractivity contribution in [2.45, 2.75) is 13.8 Å². The van der Waals surface area contributed by atoms with Crippen LogP contribution in [0.5, 0.6) is 5.75 Å². The van der Waals surface area contributed by atoms with Crippen molar-refractivity contribution in [3.8, 4) is 5.75 Å². The molecule has 0 bridgehead atoms. The summed E-state index contributed by atoms with van der Waals surface area (Å²) in [6, 6.07) is 11.6. The predicted molar refractivity (Wildman–Crippen MR) is 123 cm³/mol. The van der Waals surface area contributed by atoms with Crippen molar-refractivity contribution >= 4 is 32.6 Å². The number of fused-ring (bicyclic) bond motifs is 1. The third-order valence-corrected chi connectivity index (χ3v) is 6.78. The Morgan fingerprint density at radius 1 is 1.13 bits per heavy atom. The lowest BCUT2D eigenvalue weighted by Crippen LogP contribution is -2.48. The summed E-state index contributed by atoms with van der Waals surface area (Å²) >= 11 is 1.79. The minimum atomic E-state index is -0.0450. The Balaban J connectivity index is 1.25. The molecule has 0 radical (unpaired) electrons. The topological polar surface area (TPSA) is 57.7 Å². The number of methoxy groups -OCH3 is 1. The Hall–Kier alpha value is -2.64. The van der Waals surface area contributed by atoms with Crippen molar-refractivity contribution < 1.29 is 9.53 Å². The van der Waals surface area contributed by atoms with Crippen molar-refractivity contribution in [2.75, 3.05) is 51.3 Å². The van der Waals surface area contributed by atoms with Crippen LogP contribution in [-0.4, -0.2) is 62.2 Å². The van der Waals surface area contributed by atoms with Gasteiger partial charge in [-0.25, -0.2) is 4.98 Å². The SMILES string of the molecule is COc1ccc(C(=O)NCCN2CCN(c3nc4cc(C)cc(C)c4s3)CC2)cc1. The van der Waals surface area contributed by atoms with Crippen LogP contribution >= 0.6 is 11.3 Å². The standard InChI is InChI=1S/C23H28N4O2S/c1-16-14-17(2)21-20(15-16)25-23(30-21)27-12-10-26(11-13-27)9-8-24-22(28)18-4-6-19(29-3)7-5-18/h4-7,14-15H,8-13H2,1-3H3,(H,24,28). The van der Waals surface area contributed by atoms with E-state index in [-0.39, 0.29) is 5.91 Å². The second-order valence-corrected chi connectivity index (χ2v) is 8.72. The molecule has 30 heavy (non-hydrogen) atoms. The molecule has 2 aromatic carbocycles. The molecule has 0 saturated carbocycles. The maximum Gasteiger partial charge on any atom is 0.251 e. The van der Waals surface area contributed by atoms with E-state index >= 15 is 0 Å². The number of thiazole rings is 1. The molecule has 0 unspecified atom stereocenters. The van der Waals surface area contributed by atoms with Gasteiger partial charge in [0.1, 0.15) is 5.75 Å². The van der Waals surface area contributed by atoms with Gasteiger partial charge in [0.25, 0.3) is 5.91 Å². The lowest BCUT2D eigenvalue weighted by atomic mass is 10.1. The third kappa shape index (κ3) is 4.57. The molecule has 2 heterocycles. The summed E-state index contributed by atoms with van der Waals surface area (Å²) in [5, 5.41) is 4.13. The number of ether oxygens (including phenoxy) is 1. The van der Waals surface area contributed by atoms with Crippen molar-refractivity contribution in [3.05, 3.63) is 53.1 Å². The molecule has 1 N–H and O–H groups in total. The number of carbonyl (C=O) groups is 1. The summed E-state index contributed by atoms with van der Waals surface area (Å²) in [5.74, 6) is 0.708. The number of benzene rings is 2. The normalized spacial score (nSPS) is 14.8. The van der Waals surface area contributed by atoms with E-state index in [1.807, 2.05) is 0 Å². The highest BCUT2D eigenvalue weighted by atomic mass is 32.1. The van der Waals surface area contributed by atoms with E-state index in [4.69, 9.17) is 9.72 Å². The fraction of sp³-hybridized carbons (Fsp3) is 0.391. The Labute approximate surface area is 181 Å². The number of nitrogens with zero attached hydrogens (tertiary/aromatic N) is 3. The monoisotopic (exact) mass is 424 g/mol. The van der Waals surface area contributed by atoms with Gasteiger partial charge in [0.2, 0.25) is 0 Å². The molecule has 1 amide bonds. The van der Waals surface area contributed by atoms with Gasteiger partial charge < -0.3 is 15.0 Å². The van der Waals surface area contributed by atoms with E-state index in [0.29, 0.717) is 12.1 Å². The van der Waals surface area contributed by atoms with Gasteiger partial charge in [-0.2, -0.15) is 0 Å². The number of hydrogen-bond acceptors (Lipinski definition) is 6. The molecule has 0 atom stereocenters. The highest BCUT2D eigenvalue weighted by Crippen LogP contribution is 2.32. The molecule has 1 saturated heterocycles. The van der Waals surface area contributed by atoms with Crippen LogP contribution in [0.15, 0.2) is 36.4 Å². The Kier molecular flexibility index (Phi) is 6.20. The van der Waals surface area contributed by atoms with E-state index in [2.05, 4.69) is 41.1 Å². The maximum absolute atomic E-state index is 12.3. The zero-order chi connectivity index (χ0) is 21.1. The number of aryl methyl sites for hydroxylation is 2. The summed E-state index contributed by atoms with van der Waals surface area (Å²) in [6.07, 6.45) is 0. The van der Waals surface area contributed by atoms with E-state index < -0.39 is 0 Å². The predicted octanol–water partition coefficient (Wildman–Crippen LogP) is 3.47. The number of aromatic nitrogens is 1. The number of piperazine rings is 1. The Bertz CT molecular complexity index is 1020. The van der Waals surface area contributed by atoms with Gasteiger partial charge in [-0.05, 0) is 55.3 Å². The first-order valence-electron chi connectivity index (χ1n) is 10.3. The maximum atomic E-state index is 12.3. The van der Waals surface area contributed by atoms with Gasteiger partial charge >= 0.3 is 0 Å². The second kappa shape index (κ2) is 9.02. The summed E-state index contributed by atoms with van der Waals surface area (Å²) in [5.41, 5.74) is 4.33. The van der Waals surface area contributed by atoms with E-state index in [1.54, 1.807) is 42.7 Å². The number of rotatable bonds is 6. The number of hydrogen-bond donors (Lipinski definition) is 1. The molecule has 158 valence electrons. The van der Waals surface area contributed by atoms with Crippen LogP contribution in [0.2, 0.25) is 0 Å². The van der Waals surface area contributed by atoms with Crippen molar-refractivity contribution in [2.24, 2.45) is 0 Å². The second-order valence-electron chi connectivity index (χ2n) is 7.74. The summed E-state index contributed by atoms with van der Waals surface area (Å²) in [6.45, 7) is 9.67. The molecule has 3 aromatic rings. The van der Waals surface area contributed by atoms with E-state index in [0.717, 1.165) is 49.1 Å². The minimum absolute atomic E-state index is 0.0450. The number of nitrogens with one attached hydrogen (secondary N) is 1. The summed E-state index contributed by atoms with van der Waals surface area (Å²) in [7, 11) is 1.62. The zero-order valence-electron chi connectivity index (χ0n) is 17.8. The fourth-order valence-corrected chi connectivity index (χ4v) is 4.90. The van der Waals surface area contributed by atoms with Gasteiger partial charge in [0.05, 0.1) is 17.3 Å². The van der Waals surface area contributed by atoms with Gasteiger partial charge in [-0.1, -0.05) is 17.4 Å². The molecule has 6 nitrogen and oxygen atoms in total. The largest absolute Gasteiger partial charge is 0.497 e. The highest BCUT2D eigenvalue weighted by molar-refractivity contribution is 7.22. The first-order chi connectivity index (χ1) is 14.5. The van der Waals surface area contributed by atoms with E-state index in [1.165, 1.54) is 15.8 Å². The Morgan fingerprint density at radius 2 is 1.87 bits per heavy atom. The quantitative estimate of drug-likeness (QED) is 0.657. The lowest BCUT2D eigenvalue weighted by molar-refractivity contribution is 0.0947. The number of amides is 1. The average Bonchev–Trinajstić information content (AvgIpc) is 3.18. The molecule has 1 aliphatic rings. The molecule has 1 aromatic heterocycles. The number of carbonyl (C=O) groups excluding carboxylic acids is 1. The van der Waals surface area contributed by atoms with Gasteiger partial charge in [-0.15, -0.1) is 0 Å². The van der Waals surface area contributed by atoms with Crippen LogP contribution in [0, 0.1) is 13.8 Å². The smallest absolute Gasteiger partial charge is 0.251 e. The summed E-state index contributed by atoms with van der Waals surface area (Å²) < 4.78 is 6.42. The molecular formula is C23H28N4O2S. The van der Waals surface area contributed by atoms with Crippen molar-refractivity contribution in [3.63, 3.8) is 0 Å². The average molecular weight is 425 g/mol. The van der Waals surface area contributed by atoms with Crippen LogP contribution in [0.3, 0.4) is 0 Å². The minimum Gasteiger partial charge on any atom is -0.497 e. The highest BCUT2D eigenvalue weighted by Gasteiger charge is 2.20. The third-order valence-electron chi connectivity index (χ3n) is 5.52. The van der Waals surface area contributed by atoms with Gasteiger partial charge in [0, 0.05) is 44.8 Å². The molecule has 1 fully saturated rings. The van der Waals surface area contributed by atoms with Crippen molar-refractivity contribution in [1.29, 1.82) is 0 Å². The van der Waals surface area contributed by atoms with Crippen LogP contribution in [0.1, 0.15) is 21.5 Å². The van der Waals surface area contributed by atoms with Crippen LogP contribution < -0.4 is 15.0 Å². The Morgan fingerprint density at radius 3 is 2.57 bits per heavy atom. The summed E-state index contributed by atoms with van der Waals surface area (Å²) in [4.78, 5) is 21.9. The number of anilines is 1. The van der Waals surface area contributed by atoms with Crippen molar-refractivity contribution in [1.82, 2.24) is 15.2 Å². The van der Waals surface area contributed by atoms with E-state index in [9.17, 15) is 4.79 Å². The van der Waals surface area contributed by atoms with Gasteiger partial charge in [-0.3, -0.25) is 9.69 Å². The lowest BCUT2D eigenvalue weighted by Gasteiger charge is -2.34. The van der Waals surface area contributed by atoms with Gasteiger partial charge in [0.15, 0.2) is 5.13 Å². The molecular weight excluding hydrogens is 396 g/mol. The van der Waals surface area contributed by atoms with Crippen LogP contribution in [0.4, 0.5) is 5.13 Å². The van der Waals surface area contributed by atoms with Crippen LogP contribution in [-0.2, 0) is 0 Å².